The minimum atomic E-state index is -2.02. The van der Waals surface area contributed by atoms with Gasteiger partial charge in [0.05, 0.1) is 12.1 Å². The van der Waals surface area contributed by atoms with Crippen LogP contribution in [0.1, 0.15) is 22.3 Å². The third-order valence-electron chi connectivity index (χ3n) is 4.19. The van der Waals surface area contributed by atoms with E-state index in [0.717, 1.165) is 12.1 Å². The second kappa shape index (κ2) is 6.43. The lowest BCUT2D eigenvalue weighted by atomic mass is 9.88. The summed E-state index contributed by atoms with van der Waals surface area (Å²) in [7, 11) is 0. The fourth-order valence-electron chi connectivity index (χ4n) is 2.97. The molecule has 128 valence electrons. The molecule has 1 amide bonds. The minimum Gasteiger partial charge on any atom is -0.375 e. The monoisotopic (exact) mass is 359 g/mol. The molecule has 0 fully saturated rings. The first-order chi connectivity index (χ1) is 11.9. The fraction of sp³-hybridized carbons (Fsp3) is 0.158. The number of nitrogens with zero attached hydrogens (tertiary/aromatic N) is 1. The zero-order valence-electron chi connectivity index (χ0n) is 13.2. The van der Waals surface area contributed by atoms with Gasteiger partial charge in [-0.1, -0.05) is 17.7 Å². The topological polar surface area (TPSA) is 57.6 Å². The summed E-state index contributed by atoms with van der Waals surface area (Å²) in [5, 5.41) is 11.4. The van der Waals surface area contributed by atoms with Crippen molar-refractivity contribution in [1.82, 2.24) is 0 Å². The van der Waals surface area contributed by atoms with Gasteiger partial charge in [0.15, 0.2) is 11.4 Å². The third-order valence-corrected chi connectivity index (χ3v) is 4.42. The highest BCUT2D eigenvalue weighted by atomic mass is 35.5. The predicted octanol–water partition coefficient (Wildman–Crippen LogP) is 3.47. The van der Waals surface area contributed by atoms with E-state index in [-0.39, 0.29) is 17.7 Å². The van der Waals surface area contributed by atoms with Gasteiger partial charge in [0.2, 0.25) is 0 Å². The molecule has 1 aliphatic rings. The molecule has 2 aromatic rings. The molecule has 0 aromatic heterocycles. The SMILES string of the molecule is C=CCN1C(=O)[C@@](O)(CC(=O)c2ccc(F)cc2)c2cc(Cl)ccc21. The Labute approximate surface area is 149 Å². The normalized spacial score (nSPS) is 19.0. The summed E-state index contributed by atoms with van der Waals surface area (Å²) in [6.07, 6.45) is 1.07. The summed E-state index contributed by atoms with van der Waals surface area (Å²) >= 11 is 6.01. The average molecular weight is 360 g/mol. The van der Waals surface area contributed by atoms with Gasteiger partial charge in [0, 0.05) is 22.7 Å². The van der Waals surface area contributed by atoms with E-state index in [0.29, 0.717) is 10.7 Å². The lowest BCUT2D eigenvalue weighted by molar-refractivity contribution is -0.135. The lowest BCUT2D eigenvalue weighted by Crippen LogP contribution is -2.41. The van der Waals surface area contributed by atoms with Crippen LogP contribution in [-0.2, 0) is 10.4 Å². The van der Waals surface area contributed by atoms with Crippen molar-refractivity contribution < 1.29 is 19.1 Å². The molecule has 3 rings (SSSR count). The number of fused-ring (bicyclic) bond motifs is 1. The van der Waals surface area contributed by atoms with Gasteiger partial charge < -0.3 is 10.0 Å². The van der Waals surface area contributed by atoms with Crippen molar-refractivity contribution >= 4 is 29.0 Å². The zero-order chi connectivity index (χ0) is 18.2. The summed E-state index contributed by atoms with van der Waals surface area (Å²) < 4.78 is 13.0. The first-order valence-electron chi connectivity index (χ1n) is 7.61. The standard InChI is InChI=1S/C19H15ClFNO3/c1-2-9-22-16-8-5-13(20)10-15(16)19(25,18(22)24)11-17(23)12-3-6-14(21)7-4-12/h2-8,10,25H,1,9,11H2/t19-/m1/s1. The van der Waals surface area contributed by atoms with Crippen LogP contribution in [0.3, 0.4) is 0 Å². The number of halogens is 2. The highest BCUT2D eigenvalue weighted by Gasteiger charge is 2.50. The zero-order valence-corrected chi connectivity index (χ0v) is 14.0. The highest BCUT2D eigenvalue weighted by Crippen LogP contribution is 2.44. The van der Waals surface area contributed by atoms with E-state index in [4.69, 9.17) is 11.6 Å². The van der Waals surface area contributed by atoms with E-state index in [2.05, 4.69) is 6.58 Å². The molecule has 0 bridgehead atoms. The van der Waals surface area contributed by atoms with Gasteiger partial charge in [-0.05, 0) is 42.5 Å². The molecule has 1 N–H and O–H groups in total. The number of aliphatic hydroxyl groups is 1. The van der Waals surface area contributed by atoms with Crippen molar-refractivity contribution in [3.8, 4) is 0 Å². The molecule has 0 spiro atoms. The first kappa shape index (κ1) is 17.3. The quantitative estimate of drug-likeness (QED) is 0.657. The van der Waals surface area contributed by atoms with E-state index in [1.54, 1.807) is 12.1 Å². The molecule has 0 saturated heterocycles. The molecule has 0 radical (unpaired) electrons. The van der Waals surface area contributed by atoms with Gasteiger partial charge in [-0.15, -0.1) is 6.58 Å². The van der Waals surface area contributed by atoms with Crippen LogP contribution in [0.15, 0.2) is 55.1 Å². The van der Waals surface area contributed by atoms with Gasteiger partial charge in [0.25, 0.3) is 5.91 Å². The van der Waals surface area contributed by atoms with Crippen LogP contribution in [0, 0.1) is 5.82 Å². The van der Waals surface area contributed by atoms with Gasteiger partial charge in [-0.25, -0.2) is 4.39 Å². The van der Waals surface area contributed by atoms with Crippen LogP contribution < -0.4 is 4.90 Å². The number of rotatable bonds is 5. The Balaban J connectivity index is 2.00. The average Bonchev–Trinajstić information content (AvgIpc) is 2.77. The Morgan fingerprint density at radius 2 is 1.96 bits per heavy atom. The van der Waals surface area contributed by atoms with Gasteiger partial charge in [-0.3, -0.25) is 9.59 Å². The number of amides is 1. The molecule has 0 saturated carbocycles. The number of carbonyl (C=O) groups is 2. The summed E-state index contributed by atoms with van der Waals surface area (Å²) in [5.74, 6) is -1.55. The summed E-state index contributed by atoms with van der Waals surface area (Å²) in [6.45, 7) is 3.80. The summed E-state index contributed by atoms with van der Waals surface area (Å²) in [4.78, 5) is 26.7. The van der Waals surface area contributed by atoms with Crippen molar-refractivity contribution in [1.29, 1.82) is 0 Å². The van der Waals surface area contributed by atoms with Crippen LogP contribution in [-0.4, -0.2) is 23.3 Å². The van der Waals surface area contributed by atoms with Crippen LogP contribution in [0.25, 0.3) is 0 Å². The Morgan fingerprint density at radius 3 is 2.60 bits per heavy atom. The first-order valence-corrected chi connectivity index (χ1v) is 7.98. The van der Waals surface area contributed by atoms with Crippen LogP contribution >= 0.6 is 11.6 Å². The van der Waals surface area contributed by atoms with E-state index in [1.165, 1.54) is 29.2 Å². The Bertz CT molecular complexity index is 865. The Hall–Kier alpha value is -2.50. The minimum absolute atomic E-state index is 0.195. The predicted molar refractivity (Wildman–Crippen MR) is 93.2 cm³/mol. The molecule has 2 aromatic carbocycles. The van der Waals surface area contributed by atoms with Crippen molar-refractivity contribution in [3.05, 3.63) is 77.1 Å². The number of hydrogen-bond acceptors (Lipinski definition) is 3. The van der Waals surface area contributed by atoms with E-state index >= 15 is 0 Å². The Kier molecular flexibility index (Phi) is 4.45. The summed E-state index contributed by atoms with van der Waals surface area (Å²) in [5.41, 5.74) is -1.03. The molecule has 1 atom stereocenters. The van der Waals surface area contributed by atoms with Crippen LogP contribution in [0.5, 0.6) is 0 Å². The van der Waals surface area contributed by atoms with E-state index in [9.17, 15) is 19.1 Å². The maximum Gasteiger partial charge on any atom is 0.264 e. The second-order valence-electron chi connectivity index (χ2n) is 5.83. The van der Waals surface area contributed by atoms with Crippen LogP contribution in [0.4, 0.5) is 10.1 Å². The highest BCUT2D eigenvalue weighted by molar-refractivity contribution is 6.31. The number of Topliss-reactive ketones (excluding diaryl/α,β-unsaturated/α-hetero) is 1. The molecule has 1 aliphatic heterocycles. The molecule has 6 heteroatoms. The maximum atomic E-state index is 13.0. The van der Waals surface area contributed by atoms with Gasteiger partial charge in [0.1, 0.15) is 5.82 Å². The molecule has 4 nitrogen and oxygen atoms in total. The molecule has 1 heterocycles. The van der Waals surface area contributed by atoms with Gasteiger partial charge >= 0.3 is 0 Å². The van der Waals surface area contributed by atoms with Crippen molar-refractivity contribution in [2.75, 3.05) is 11.4 Å². The molecule has 0 unspecified atom stereocenters. The second-order valence-corrected chi connectivity index (χ2v) is 6.27. The molecule has 0 aliphatic carbocycles. The number of ketones is 1. The summed E-state index contributed by atoms with van der Waals surface area (Å²) in [6, 6.07) is 9.67. The van der Waals surface area contributed by atoms with E-state index in [1.807, 2.05) is 0 Å². The lowest BCUT2D eigenvalue weighted by Gasteiger charge is -2.22. The maximum absolute atomic E-state index is 13.0. The number of benzene rings is 2. The number of carbonyl (C=O) groups excluding carboxylic acids is 2. The van der Waals surface area contributed by atoms with Crippen molar-refractivity contribution in [2.24, 2.45) is 0 Å². The molecular formula is C19H15ClFNO3. The number of hydrogen-bond donors (Lipinski definition) is 1. The van der Waals surface area contributed by atoms with Crippen molar-refractivity contribution in [3.63, 3.8) is 0 Å². The largest absolute Gasteiger partial charge is 0.375 e. The Morgan fingerprint density at radius 1 is 1.28 bits per heavy atom. The van der Waals surface area contributed by atoms with Gasteiger partial charge in [-0.2, -0.15) is 0 Å². The number of anilines is 1. The third kappa shape index (κ3) is 2.97. The van der Waals surface area contributed by atoms with E-state index < -0.39 is 29.5 Å². The van der Waals surface area contributed by atoms with Crippen molar-refractivity contribution in [2.45, 2.75) is 12.0 Å². The smallest absolute Gasteiger partial charge is 0.264 e. The fourth-order valence-corrected chi connectivity index (χ4v) is 3.15. The molecular weight excluding hydrogens is 345 g/mol. The van der Waals surface area contributed by atoms with Crippen LogP contribution in [0.2, 0.25) is 5.02 Å². The molecule has 25 heavy (non-hydrogen) atoms.